The predicted octanol–water partition coefficient (Wildman–Crippen LogP) is 3.29. The number of nitrogens with zero attached hydrogens (tertiary/aromatic N) is 2. The monoisotopic (exact) mass is 384 g/mol. The van der Waals surface area contributed by atoms with Gasteiger partial charge in [-0.25, -0.2) is 14.4 Å². The summed E-state index contributed by atoms with van der Waals surface area (Å²) in [5.41, 5.74) is -1.88. The van der Waals surface area contributed by atoms with Crippen molar-refractivity contribution in [2.45, 2.75) is 25.1 Å². The summed E-state index contributed by atoms with van der Waals surface area (Å²) in [6, 6.07) is 5.10. The van der Waals surface area contributed by atoms with Crippen molar-refractivity contribution in [3.63, 3.8) is 0 Å². The van der Waals surface area contributed by atoms with Crippen LogP contribution in [0.3, 0.4) is 0 Å². The van der Waals surface area contributed by atoms with Crippen molar-refractivity contribution in [1.82, 2.24) is 15.3 Å². The van der Waals surface area contributed by atoms with E-state index in [2.05, 4.69) is 20.6 Å². The molecule has 1 fully saturated rings. The van der Waals surface area contributed by atoms with Gasteiger partial charge < -0.3 is 15.4 Å². The highest BCUT2D eigenvalue weighted by atomic mass is 19.4. The molecule has 1 aromatic heterocycles. The third kappa shape index (κ3) is 4.91. The van der Waals surface area contributed by atoms with Crippen LogP contribution in [0.1, 0.15) is 28.9 Å². The number of halogens is 4. The number of hydrogen-bond acceptors (Lipinski definition) is 5. The summed E-state index contributed by atoms with van der Waals surface area (Å²) in [6.45, 7) is 0.678. The average molecular weight is 384 g/mol. The first-order chi connectivity index (χ1) is 12.8. The molecule has 1 amide bonds. The van der Waals surface area contributed by atoms with Crippen LogP contribution in [0.5, 0.6) is 0 Å². The average Bonchev–Trinajstić information content (AvgIpc) is 3.12. The molecular weight excluding hydrogens is 368 g/mol. The van der Waals surface area contributed by atoms with Gasteiger partial charge in [-0.15, -0.1) is 0 Å². The quantitative estimate of drug-likeness (QED) is 0.774. The summed E-state index contributed by atoms with van der Waals surface area (Å²) in [4.78, 5) is 19.3. The molecule has 144 valence electrons. The van der Waals surface area contributed by atoms with Gasteiger partial charge in [-0.05, 0) is 31.0 Å². The van der Waals surface area contributed by atoms with Crippen molar-refractivity contribution in [1.29, 1.82) is 0 Å². The van der Waals surface area contributed by atoms with E-state index >= 15 is 0 Å². The lowest BCUT2D eigenvalue weighted by atomic mass is 10.2. The third-order valence-corrected chi connectivity index (χ3v) is 3.90. The van der Waals surface area contributed by atoms with Crippen LogP contribution in [0.2, 0.25) is 0 Å². The fourth-order valence-corrected chi connectivity index (χ4v) is 2.63. The zero-order valence-electron chi connectivity index (χ0n) is 14.0. The van der Waals surface area contributed by atoms with Gasteiger partial charge in [0.15, 0.2) is 5.69 Å². The van der Waals surface area contributed by atoms with E-state index in [0.29, 0.717) is 6.61 Å². The normalized spacial score (nSPS) is 17.0. The van der Waals surface area contributed by atoms with Gasteiger partial charge in [0.2, 0.25) is 5.95 Å². The molecule has 0 unspecified atom stereocenters. The number of rotatable bonds is 5. The summed E-state index contributed by atoms with van der Waals surface area (Å²) in [7, 11) is 0. The Morgan fingerprint density at radius 1 is 1.33 bits per heavy atom. The molecule has 0 bridgehead atoms. The van der Waals surface area contributed by atoms with E-state index < -0.39 is 35.1 Å². The summed E-state index contributed by atoms with van der Waals surface area (Å²) in [6.07, 6.45) is -2.70. The van der Waals surface area contributed by atoms with Gasteiger partial charge in [0.25, 0.3) is 5.91 Å². The van der Waals surface area contributed by atoms with Crippen LogP contribution in [-0.4, -0.2) is 35.1 Å². The highest BCUT2D eigenvalue weighted by Crippen LogP contribution is 2.31. The van der Waals surface area contributed by atoms with E-state index in [1.165, 1.54) is 18.2 Å². The summed E-state index contributed by atoms with van der Waals surface area (Å²) in [5, 5.41) is 4.90. The van der Waals surface area contributed by atoms with Crippen LogP contribution in [0.15, 0.2) is 30.5 Å². The van der Waals surface area contributed by atoms with Crippen molar-refractivity contribution in [3.8, 4) is 0 Å². The topological polar surface area (TPSA) is 76.1 Å². The van der Waals surface area contributed by atoms with Crippen molar-refractivity contribution in [2.24, 2.45) is 0 Å². The number of nitrogens with one attached hydrogen (secondary N) is 2. The van der Waals surface area contributed by atoms with Gasteiger partial charge in [-0.3, -0.25) is 4.79 Å². The Labute approximate surface area is 152 Å². The first kappa shape index (κ1) is 19.0. The van der Waals surface area contributed by atoms with Crippen LogP contribution in [0, 0.1) is 5.82 Å². The minimum absolute atomic E-state index is 0.111. The Kier molecular flexibility index (Phi) is 5.54. The van der Waals surface area contributed by atoms with Gasteiger partial charge in [0, 0.05) is 25.0 Å². The molecule has 2 aromatic rings. The van der Waals surface area contributed by atoms with Crippen molar-refractivity contribution >= 4 is 17.5 Å². The first-order valence-corrected chi connectivity index (χ1v) is 8.19. The molecule has 2 N–H and O–H groups in total. The lowest BCUT2D eigenvalue weighted by Gasteiger charge is -2.15. The number of carbonyl (C=O) groups is 1. The number of amides is 1. The molecule has 0 spiro atoms. The number of aromatic nitrogens is 2. The highest BCUT2D eigenvalue weighted by molar-refractivity contribution is 5.95. The Balaban J connectivity index is 1.80. The third-order valence-electron chi connectivity index (χ3n) is 3.90. The Morgan fingerprint density at radius 3 is 2.81 bits per heavy atom. The lowest BCUT2D eigenvalue weighted by molar-refractivity contribution is -0.141. The maximum Gasteiger partial charge on any atom is 0.434 e. The molecule has 0 aliphatic carbocycles. The van der Waals surface area contributed by atoms with Gasteiger partial charge in [-0.2, -0.15) is 13.2 Å². The Hall–Kier alpha value is -2.75. The molecule has 0 radical (unpaired) electrons. The maximum atomic E-state index is 13.4. The molecule has 1 saturated heterocycles. The van der Waals surface area contributed by atoms with Gasteiger partial charge in [-0.1, -0.05) is 6.07 Å². The van der Waals surface area contributed by atoms with E-state index in [1.807, 2.05) is 0 Å². The maximum absolute atomic E-state index is 13.4. The van der Waals surface area contributed by atoms with E-state index in [0.717, 1.165) is 25.1 Å². The number of anilines is 2. The summed E-state index contributed by atoms with van der Waals surface area (Å²) >= 11 is 0. The van der Waals surface area contributed by atoms with E-state index in [-0.39, 0.29) is 18.3 Å². The SMILES string of the molecule is O=C(NC[C@@H]1CCCO1)c1cnc(Nc2cccc(F)c2)nc1C(F)(F)F. The van der Waals surface area contributed by atoms with Crippen LogP contribution >= 0.6 is 0 Å². The van der Waals surface area contributed by atoms with Crippen LogP contribution < -0.4 is 10.6 Å². The fourth-order valence-electron chi connectivity index (χ4n) is 2.63. The van der Waals surface area contributed by atoms with Crippen molar-refractivity contribution in [2.75, 3.05) is 18.5 Å². The molecule has 0 saturated carbocycles. The Bertz CT molecular complexity index is 823. The molecular formula is C17H16F4N4O2. The number of alkyl halides is 3. The van der Waals surface area contributed by atoms with Crippen LogP contribution in [0.25, 0.3) is 0 Å². The molecule has 27 heavy (non-hydrogen) atoms. The first-order valence-electron chi connectivity index (χ1n) is 8.19. The molecule has 6 nitrogen and oxygen atoms in total. The molecule has 1 aromatic carbocycles. The minimum atomic E-state index is -4.86. The smallest absolute Gasteiger partial charge is 0.376 e. The molecule has 1 aliphatic heterocycles. The zero-order valence-corrected chi connectivity index (χ0v) is 14.0. The molecule has 1 atom stereocenters. The number of benzene rings is 1. The van der Waals surface area contributed by atoms with E-state index in [1.54, 1.807) is 0 Å². The number of carbonyl (C=O) groups excluding carboxylic acids is 1. The second-order valence-corrected chi connectivity index (χ2v) is 5.93. The fraction of sp³-hybridized carbons (Fsp3) is 0.353. The lowest BCUT2D eigenvalue weighted by Crippen LogP contribution is -2.33. The van der Waals surface area contributed by atoms with Gasteiger partial charge >= 0.3 is 6.18 Å². The summed E-state index contributed by atoms with van der Waals surface area (Å²) < 4.78 is 58.6. The van der Waals surface area contributed by atoms with E-state index in [9.17, 15) is 22.4 Å². The molecule has 3 rings (SSSR count). The number of hydrogen-bond donors (Lipinski definition) is 2. The highest BCUT2D eigenvalue weighted by Gasteiger charge is 2.38. The van der Waals surface area contributed by atoms with Crippen LogP contribution in [-0.2, 0) is 10.9 Å². The zero-order chi connectivity index (χ0) is 19.4. The standard InChI is InChI=1S/C17H16F4N4O2/c18-10-3-1-4-11(7-10)24-16-23-9-13(14(25-16)17(19,20)21)15(26)22-8-12-5-2-6-27-12/h1,3-4,7,9,12H,2,5-6,8H2,(H,22,26)(H,23,24,25)/t12-/m0/s1. The van der Waals surface area contributed by atoms with Gasteiger partial charge in [0.05, 0.1) is 11.7 Å². The second kappa shape index (κ2) is 7.87. The van der Waals surface area contributed by atoms with Crippen molar-refractivity contribution in [3.05, 3.63) is 47.5 Å². The predicted molar refractivity (Wildman–Crippen MR) is 88.0 cm³/mol. The van der Waals surface area contributed by atoms with Gasteiger partial charge in [0.1, 0.15) is 5.82 Å². The molecule has 2 heterocycles. The van der Waals surface area contributed by atoms with Crippen molar-refractivity contribution < 1.29 is 27.1 Å². The number of ether oxygens (including phenoxy) is 1. The molecule has 10 heteroatoms. The second-order valence-electron chi connectivity index (χ2n) is 5.93. The minimum Gasteiger partial charge on any atom is -0.376 e. The Morgan fingerprint density at radius 2 is 2.15 bits per heavy atom. The van der Waals surface area contributed by atoms with E-state index in [4.69, 9.17) is 4.74 Å². The summed E-state index contributed by atoms with van der Waals surface area (Å²) in [5.74, 6) is -1.90. The molecule has 1 aliphatic rings. The largest absolute Gasteiger partial charge is 0.434 e. The van der Waals surface area contributed by atoms with Crippen LogP contribution in [0.4, 0.5) is 29.2 Å².